The third-order valence-corrected chi connectivity index (χ3v) is 5.76. The van der Waals surface area contributed by atoms with Crippen molar-refractivity contribution in [1.82, 2.24) is 20.0 Å². The summed E-state index contributed by atoms with van der Waals surface area (Å²) in [6.45, 7) is 2.48. The molecule has 0 radical (unpaired) electrons. The van der Waals surface area contributed by atoms with Crippen LogP contribution in [0.3, 0.4) is 0 Å². The molecule has 4 rings (SSSR count). The highest BCUT2D eigenvalue weighted by molar-refractivity contribution is 7.15. The standard InChI is InChI=1S/C16H14ClN5OS/c1-16(11-6-3-2-4-7-11)13(17)14(23)22(16)15-20-19-12(24-15)10-21-9-5-8-18-21/h2-9,13H,10H2,1H3. The summed E-state index contributed by atoms with van der Waals surface area (Å²) in [5, 5.41) is 13.3. The summed E-state index contributed by atoms with van der Waals surface area (Å²) in [7, 11) is 0. The van der Waals surface area contributed by atoms with E-state index in [4.69, 9.17) is 11.6 Å². The normalized spacial score (nSPS) is 23.3. The molecular weight excluding hydrogens is 346 g/mol. The number of β-lactam (4-membered cyclic amide) rings is 1. The monoisotopic (exact) mass is 359 g/mol. The number of rotatable bonds is 4. The van der Waals surface area contributed by atoms with E-state index < -0.39 is 10.9 Å². The lowest BCUT2D eigenvalue weighted by Crippen LogP contribution is -2.69. The van der Waals surface area contributed by atoms with E-state index in [0.717, 1.165) is 10.6 Å². The molecule has 2 unspecified atom stereocenters. The predicted octanol–water partition coefficient (Wildman–Crippen LogP) is 2.65. The molecule has 122 valence electrons. The van der Waals surface area contributed by atoms with E-state index >= 15 is 0 Å². The van der Waals surface area contributed by atoms with Crippen molar-refractivity contribution in [2.75, 3.05) is 4.90 Å². The van der Waals surface area contributed by atoms with Crippen LogP contribution in [0.25, 0.3) is 0 Å². The molecule has 24 heavy (non-hydrogen) atoms. The maximum Gasteiger partial charge on any atom is 0.250 e. The number of amides is 1. The average molecular weight is 360 g/mol. The minimum Gasteiger partial charge on any atom is -0.273 e. The summed E-state index contributed by atoms with van der Waals surface area (Å²) in [4.78, 5) is 14.0. The summed E-state index contributed by atoms with van der Waals surface area (Å²) in [6.07, 6.45) is 3.57. The van der Waals surface area contributed by atoms with Crippen LogP contribution in [0.4, 0.5) is 5.13 Å². The molecule has 3 heterocycles. The van der Waals surface area contributed by atoms with Gasteiger partial charge in [-0.05, 0) is 18.6 Å². The van der Waals surface area contributed by atoms with Crippen molar-refractivity contribution < 1.29 is 4.79 Å². The predicted molar refractivity (Wildman–Crippen MR) is 92.2 cm³/mol. The van der Waals surface area contributed by atoms with Crippen LogP contribution in [0.2, 0.25) is 0 Å². The molecule has 6 nitrogen and oxygen atoms in total. The van der Waals surface area contributed by atoms with Gasteiger partial charge >= 0.3 is 0 Å². The first kappa shape index (κ1) is 15.3. The molecule has 2 atom stereocenters. The van der Waals surface area contributed by atoms with E-state index in [1.165, 1.54) is 11.3 Å². The molecular formula is C16H14ClN5OS. The van der Waals surface area contributed by atoms with Crippen molar-refractivity contribution >= 4 is 34.0 Å². The van der Waals surface area contributed by atoms with Crippen LogP contribution >= 0.6 is 22.9 Å². The van der Waals surface area contributed by atoms with Crippen LogP contribution in [0.5, 0.6) is 0 Å². The quantitative estimate of drug-likeness (QED) is 0.530. The first-order valence-electron chi connectivity index (χ1n) is 7.44. The van der Waals surface area contributed by atoms with Crippen LogP contribution in [-0.4, -0.2) is 31.3 Å². The van der Waals surface area contributed by atoms with Gasteiger partial charge in [0.1, 0.15) is 10.4 Å². The molecule has 1 aliphatic rings. The lowest BCUT2D eigenvalue weighted by Gasteiger charge is -2.51. The zero-order chi connectivity index (χ0) is 16.7. The van der Waals surface area contributed by atoms with Crippen molar-refractivity contribution in [2.24, 2.45) is 0 Å². The summed E-state index contributed by atoms with van der Waals surface area (Å²) < 4.78 is 1.77. The highest BCUT2D eigenvalue weighted by Gasteiger charge is 2.59. The van der Waals surface area contributed by atoms with Crippen LogP contribution in [-0.2, 0) is 16.9 Å². The Hall–Kier alpha value is -2.25. The molecule has 0 N–H and O–H groups in total. The number of hydrogen-bond acceptors (Lipinski definition) is 5. The molecule has 3 aromatic rings. The van der Waals surface area contributed by atoms with Crippen molar-refractivity contribution in [3.8, 4) is 0 Å². The molecule has 2 aromatic heterocycles. The van der Waals surface area contributed by atoms with Gasteiger partial charge in [-0.3, -0.25) is 14.4 Å². The minimum atomic E-state index is -0.623. The van der Waals surface area contributed by atoms with Gasteiger partial charge in [0.25, 0.3) is 5.91 Å². The Morgan fingerprint density at radius 2 is 2.04 bits per heavy atom. The molecule has 8 heteroatoms. The van der Waals surface area contributed by atoms with Gasteiger partial charge in [0, 0.05) is 12.4 Å². The van der Waals surface area contributed by atoms with Gasteiger partial charge in [0.05, 0.1) is 12.1 Å². The number of alkyl halides is 1. The van der Waals surface area contributed by atoms with Gasteiger partial charge in [-0.1, -0.05) is 41.7 Å². The number of benzene rings is 1. The topological polar surface area (TPSA) is 63.9 Å². The Balaban J connectivity index is 1.65. The number of anilines is 1. The second-order valence-corrected chi connectivity index (χ2v) is 7.21. The third-order valence-electron chi connectivity index (χ3n) is 4.26. The number of halogens is 1. The molecule has 1 aromatic carbocycles. The highest BCUT2D eigenvalue weighted by Crippen LogP contribution is 2.48. The lowest BCUT2D eigenvalue weighted by atomic mass is 9.79. The molecule has 1 saturated heterocycles. The fraction of sp³-hybridized carbons (Fsp3) is 0.250. The van der Waals surface area contributed by atoms with E-state index in [9.17, 15) is 4.79 Å². The smallest absolute Gasteiger partial charge is 0.250 e. The maximum atomic E-state index is 12.4. The van der Waals surface area contributed by atoms with Crippen LogP contribution in [0, 0.1) is 0 Å². The van der Waals surface area contributed by atoms with Crippen molar-refractivity contribution in [1.29, 1.82) is 0 Å². The lowest BCUT2D eigenvalue weighted by molar-refractivity contribution is -0.126. The highest BCUT2D eigenvalue weighted by atomic mass is 35.5. The Morgan fingerprint density at radius 3 is 2.75 bits per heavy atom. The molecule has 1 fully saturated rings. The number of nitrogens with zero attached hydrogens (tertiary/aromatic N) is 5. The Morgan fingerprint density at radius 1 is 1.25 bits per heavy atom. The van der Waals surface area contributed by atoms with E-state index in [2.05, 4.69) is 15.3 Å². The van der Waals surface area contributed by atoms with Crippen molar-refractivity contribution in [2.45, 2.75) is 24.4 Å². The van der Waals surface area contributed by atoms with Crippen molar-refractivity contribution in [3.05, 3.63) is 59.4 Å². The van der Waals surface area contributed by atoms with E-state index in [1.54, 1.807) is 15.8 Å². The van der Waals surface area contributed by atoms with Crippen LogP contribution < -0.4 is 4.90 Å². The largest absolute Gasteiger partial charge is 0.273 e. The molecule has 0 spiro atoms. The Labute approximate surface area is 147 Å². The number of hydrogen-bond donors (Lipinski definition) is 0. The van der Waals surface area contributed by atoms with Crippen LogP contribution in [0.15, 0.2) is 48.8 Å². The molecule has 1 amide bonds. The fourth-order valence-electron chi connectivity index (χ4n) is 2.91. The van der Waals surface area contributed by atoms with E-state index in [0.29, 0.717) is 11.7 Å². The maximum absolute atomic E-state index is 12.4. The Kier molecular flexibility index (Phi) is 3.62. The molecule has 0 bridgehead atoms. The Bertz CT molecular complexity index is 866. The average Bonchev–Trinajstić information content (AvgIpc) is 3.28. The third kappa shape index (κ3) is 2.23. The van der Waals surface area contributed by atoms with Gasteiger partial charge < -0.3 is 0 Å². The molecule has 1 aliphatic heterocycles. The van der Waals surface area contributed by atoms with Gasteiger partial charge in [0.15, 0.2) is 0 Å². The fourth-order valence-corrected chi connectivity index (χ4v) is 4.17. The first-order valence-corrected chi connectivity index (χ1v) is 8.69. The molecule has 0 saturated carbocycles. The van der Waals surface area contributed by atoms with Gasteiger partial charge in [-0.2, -0.15) is 5.10 Å². The van der Waals surface area contributed by atoms with E-state index in [-0.39, 0.29) is 5.91 Å². The van der Waals surface area contributed by atoms with Crippen LogP contribution in [0.1, 0.15) is 17.5 Å². The molecule has 0 aliphatic carbocycles. The van der Waals surface area contributed by atoms with Crippen molar-refractivity contribution in [3.63, 3.8) is 0 Å². The SMILES string of the molecule is CC1(c2ccccc2)C(Cl)C(=O)N1c1nnc(Cn2cccn2)s1. The number of aromatic nitrogens is 4. The number of carbonyl (C=O) groups excluding carboxylic acids is 1. The summed E-state index contributed by atoms with van der Waals surface area (Å²) in [6, 6.07) is 11.6. The second-order valence-electron chi connectivity index (χ2n) is 5.73. The van der Waals surface area contributed by atoms with Gasteiger partial charge in [-0.15, -0.1) is 21.8 Å². The minimum absolute atomic E-state index is 0.148. The van der Waals surface area contributed by atoms with Gasteiger partial charge in [-0.25, -0.2) is 0 Å². The second kappa shape index (κ2) is 5.68. The summed E-state index contributed by atoms with van der Waals surface area (Å²) in [5.41, 5.74) is 0.357. The van der Waals surface area contributed by atoms with E-state index in [1.807, 2.05) is 49.5 Å². The first-order chi connectivity index (χ1) is 11.6. The zero-order valence-corrected chi connectivity index (χ0v) is 14.4. The summed E-state index contributed by atoms with van der Waals surface area (Å²) >= 11 is 7.74. The zero-order valence-electron chi connectivity index (χ0n) is 12.8. The van der Waals surface area contributed by atoms with Gasteiger partial charge in [0.2, 0.25) is 5.13 Å². The number of carbonyl (C=O) groups is 1. The summed E-state index contributed by atoms with van der Waals surface area (Å²) in [5.74, 6) is -0.148.